The summed E-state index contributed by atoms with van der Waals surface area (Å²) in [6, 6.07) is 10.7. The molecule has 2 aromatic rings. The number of carbonyl (C=O) groups is 1. The van der Waals surface area contributed by atoms with Crippen LogP contribution in [-0.2, 0) is 13.1 Å². The van der Waals surface area contributed by atoms with Crippen molar-refractivity contribution in [2.45, 2.75) is 38.9 Å². The lowest BCUT2D eigenvalue weighted by atomic mass is 10.0. The number of pyridine rings is 1. The van der Waals surface area contributed by atoms with Crippen LogP contribution in [-0.4, -0.2) is 53.4 Å². The summed E-state index contributed by atoms with van der Waals surface area (Å²) < 4.78 is 0. The molecule has 0 radical (unpaired) electrons. The Hall–Kier alpha value is -2.24. The number of rotatable bonds is 5. The van der Waals surface area contributed by atoms with E-state index in [2.05, 4.69) is 47.4 Å². The molecule has 5 heteroatoms. The smallest absolute Gasteiger partial charge is 0.254 e. The van der Waals surface area contributed by atoms with Gasteiger partial charge < -0.3 is 15.1 Å². The molecule has 4 rings (SSSR count). The maximum atomic E-state index is 12.8. The highest BCUT2D eigenvalue weighted by Gasteiger charge is 2.33. The number of hydrogen-bond donors (Lipinski definition) is 1. The summed E-state index contributed by atoms with van der Waals surface area (Å²) in [6.07, 6.45) is 4.11. The monoisotopic (exact) mass is 364 g/mol. The third kappa shape index (κ3) is 3.75. The minimum Gasteiger partial charge on any atom is -0.330 e. The highest BCUT2D eigenvalue weighted by atomic mass is 16.2. The van der Waals surface area contributed by atoms with Gasteiger partial charge >= 0.3 is 0 Å². The molecule has 0 bridgehead atoms. The van der Waals surface area contributed by atoms with Crippen LogP contribution in [0.2, 0.25) is 0 Å². The van der Waals surface area contributed by atoms with Gasteiger partial charge in [-0.1, -0.05) is 13.0 Å². The van der Waals surface area contributed by atoms with E-state index in [0.29, 0.717) is 12.6 Å². The number of nitrogens with zero attached hydrogens (tertiary/aromatic N) is 3. The van der Waals surface area contributed by atoms with Gasteiger partial charge in [-0.25, -0.2) is 0 Å². The fraction of sp³-hybridized carbons (Fsp3) is 0.455. The Morgan fingerprint density at radius 2 is 2.19 bits per heavy atom. The van der Waals surface area contributed by atoms with Gasteiger partial charge in [0.25, 0.3) is 5.91 Å². The average Bonchev–Trinajstić information content (AvgIpc) is 3.05. The predicted octanol–water partition coefficient (Wildman–Crippen LogP) is 2.91. The molecule has 0 saturated carbocycles. The minimum absolute atomic E-state index is 0.177. The molecule has 1 saturated heterocycles. The van der Waals surface area contributed by atoms with E-state index in [0.717, 1.165) is 61.4 Å². The molecule has 3 heterocycles. The summed E-state index contributed by atoms with van der Waals surface area (Å²) >= 11 is 0. The van der Waals surface area contributed by atoms with Gasteiger partial charge in [0.2, 0.25) is 0 Å². The molecular formula is C22H28N4O. The van der Waals surface area contributed by atoms with Gasteiger partial charge in [0.05, 0.1) is 5.69 Å². The first kappa shape index (κ1) is 18.1. The van der Waals surface area contributed by atoms with Crippen LogP contribution >= 0.6 is 0 Å². The Morgan fingerprint density at radius 3 is 2.96 bits per heavy atom. The van der Waals surface area contributed by atoms with Gasteiger partial charge in [-0.15, -0.1) is 0 Å². The summed E-state index contributed by atoms with van der Waals surface area (Å²) in [6.45, 7) is 6.77. The Morgan fingerprint density at radius 1 is 1.30 bits per heavy atom. The van der Waals surface area contributed by atoms with Crippen LogP contribution in [0.3, 0.4) is 0 Å². The molecule has 27 heavy (non-hydrogen) atoms. The van der Waals surface area contributed by atoms with Crippen LogP contribution in [0.5, 0.6) is 0 Å². The van der Waals surface area contributed by atoms with Crippen molar-refractivity contribution in [1.29, 1.82) is 0 Å². The second kappa shape index (κ2) is 7.79. The summed E-state index contributed by atoms with van der Waals surface area (Å²) in [5, 5.41) is 3.41. The molecule has 2 aliphatic rings. The molecule has 0 aliphatic carbocycles. The first-order chi connectivity index (χ1) is 13.2. The number of aromatic nitrogens is 1. The number of amides is 1. The van der Waals surface area contributed by atoms with E-state index in [1.165, 1.54) is 5.56 Å². The van der Waals surface area contributed by atoms with Crippen LogP contribution in [0.4, 0.5) is 0 Å². The predicted molar refractivity (Wildman–Crippen MR) is 107 cm³/mol. The zero-order valence-electron chi connectivity index (χ0n) is 16.2. The third-order valence-corrected chi connectivity index (χ3v) is 5.76. The number of carbonyl (C=O) groups excluding carboxylic acids is 1. The van der Waals surface area contributed by atoms with Crippen LogP contribution in [0.25, 0.3) is 11.3 Å². The maximum Gasteiger partial charge on any atom is 0.254 e. The Bertz CT molecular complexity index is 829. The van der Waals surface area contributed by atoms with Crippen LogP contribution in [0.15, 0.2) is 36.5 Å². The second-order valence-corrected chi connectivity index (χ2v) is 7.68. The highest BCUT2D eigenvalue weighted by Crippen LogP contribution is 2.30. The van der Waals surface area contributed by atoms with Crippen molar-refractivity contribution in [3.63, 3.8) is 0 Å². The SMILES string of the molecule is CCN(C)Cc1ccnc(-c2ccc3c(c2)CN(C2CCCNC2)C3=O)c1. The molecule has 1 unspecified atom stereocenters. The van der Waals surface area contributed by atoms with E-state index in [1.54, 1.807) is 0 Å². The van der Waals surface area contributed by atoms with Crippen molar-refractivity contribution in [3.8, 4) is 11.3 Å². The first-order valence-electron chi connectivity index (χ1n) is 9.94. The minimum atomic E-state index is 0.177. The zero-order chi connectivity index (χ0) is 18.8. The van der Waals surface area contributed by atoms with E-state index >= 15 is 0 Å². The van der Waals surface area contributed by atoms with Gasteiger partial charge in [0.1, 0.15) is 0 Å². The molecule has 1 atom stereocenters. The Kier molecular flexibility index (Phi) is 5.23. The number of fused-ring (bicyclic) bond motifs is 1. The van der Waals surface area contributed by atoms with E-state index in [-0.39, 0.29) is 5.91 Å². The van der Waals surface area contributed by atoms with Gasteiger partial charge in [0.15, 0.2) is 0 Å². The largest absolute Gasteiger partial charge is 0.330 e. The standard InChI is InChI=1S/C22H28N4O/c1-3-25(2)14-16-8-10-24-21(11-16)17-6-7-20-18(12-17)15-26(22(20)27)19-5-4-9-23-13-19/h6-8,10-12,19,23H,3-5,9,13-15H2,1-2H3. The van der Waals surface area contributed by atoms with Crippen LogP contribution in [0, 0.1) is 0 Å². The van der Waals surface area contributed by atoms with E-state index in [4.69, 9.17) is 0 Å². The third-order valence-electron chi connectivity index (χ3n) is 5.76. The summed E-state index contributed by atoms with van der Waals surface area (Å²) in [4.78, 5) is 21.7. The molecule has 1 amide bonds. The second-order valence-electron chi connectivity index (χ2n) is 7.68. The summed E-state index contributed by atoms with van der Waals surface area (Å²) in [7, 11) is 2.12. The van der Waals surface area contributed by atoms with Crippen molar-refractivity contribution in [2.75, 3.05) is 26.7 Å². The molecule has 1 fully saturated rings. The quantitative estimate of drug-likeness (QED) is 0.886. The van der Waals surface area contributed by atoms with Crippen molar-refractivity contribution in [2.24, 2.45) is 0 Å². The van der Waals surface area contributed by atoms with Crippen LogP contribution < -0.4 is 5.32 Å². The van der Waals surface area contributed by atoms with E-state index in [1.807, 2.05) is 23.2 Å². The highest BCUT2D eigenvalue weighted by molar-refractivity contribution is 5.99. The van der Waals surface area contributed by atoms with Crippen molar-refractivity contribution >= 4 is 5.91 Å². The molecule has 1 aromatic carbocycles. The lowest BCUT2D eigenvalue weighted by Crippen LogP contribution is -2.46. The Labute approximate surface area is 161 Å². The topological polar surface area (TPSA) is 48.5 Å². The summed E-state index contributed by atoms with van der Waals surface area (Å²) in [5.74, 6) is 0.177. The fourth-order valence-electron chi connectivity index (χ4n) is 4.05. The molecule has 0 spiro atoms. The maximum absolute atomic E-state index is 12.8. The molecule has 1 N–H and O–H groups in total. The molecule has 5 nitrogen and oxygen atoms in total. The van der Waals surface area contributed by atoms with E-state index in [9.17, 15) is 4.79 Å². The zero-order valence-corrected chi connectivity index (χ0v) is 16.2. The van der Waals surface area contributed by atoms with Gasteiger partial charge in [-0.05, 0) is 68.4 Å². The molecule has 142 valence electrons. The van der Waals surface area contributed by atoms with Crippen molar-refractivity contribution < 1.29 is 4.79 Å². The van der Waals surface area contributed by atoms with Crippen LogP contribution in [0.1, 0.15) is 41.3 Å². The van der Waals surface area contributed by atoms with Crippen molar-refractivity contribution in [3.05, 3.63) is 53.2 Å². The lowest BCUT2D eigenvalue weighted by Gasteiger charge is -2.31. The van der Waals surface area contributed by atoms with Gasteiger partial charge in [-0.3, -0.25) is 9.78 Å². The number of piperidine rings is 1. The fourth-order valence-corrected chi connectivity index (χ4v) is 4.05. The van der Waals surface area contributed by atoms with Gasteiger partial charge in [-0.2, -0.15) is 0 Å². The number of hydrogen-bond acceptors (Lipinski definition) is 4. The Balaban J connectivity index is 1.56. The van der Waals surface area contributed by atoms with E-state index < -0.39 is 0 Å². The lowest BCUT2D eigenvalue weighted by molar-refractivity contribution is 0.0674. The normalized spacial score (nSPS) is 19.6. The first-order valence-corrected chi connectivity index (χ1v) is 9.94. The average molecular weight is 364 g/mol. The summed E-state index contributed by atoms with van der Waals surface area (Å²) in [5.41, 5.74) is 5.30. The van der Waals surface area contributed by atoms with Gasteiger partial charge in [0, 0.05) is 43.0 Å². The molecule has 2 aliphatic heterocycles. The molecule has 1 aromatic heterocycles. The molecular weight excluding hydrogens is 336 g/mol. The van der Waals surface area contributed by atoms with Crippen molar-refractivity contribution in [1.82, 2.24) is 20.1 Å². The number of benzene rings is 1. The number of nitrogens with one attached hydrogen (secondary N) is 1.